The van der Waals surface area contributed by atoms with Gasteiger partial charge in [-0.2, -0.15) is 0 Å². The molecule has 0 aliphatic heterocycles. The van der Waals surface area contributed by atoms with Gasteiger partial charge in [0.1, 0.15) is 0 Å². The van der Waals surface area contributed by atoms with Crippen LogP contribution in [0, 0.1) is 5.92 Å². The molecule has 0 heterocycles. The lowest BCUT2D eigenvalue weighted by atomic mass is 9.87. The summed E-state index contributed by atoms with van der Waals surface area (Å²) in [7, 11) is 1.66. The summed E-state index contributed by atoms with van der Waals surface area (Å²) in [6, 6.07) is 0. The first-order valence-corrected chi connectivity index (χ1v) is 5.21. The Labute approximate surface area is 84.0 Å². The van der Waals surface area contributed by atoms with Crippen molar-refractivity contribution in [3.63, 3.8) is 0 Å². The smallest absolute Gasteiger partial charge is 0.248 e. The fourth-order valence-corrected chi connectivity index (χ4v) is 1.78. The summed E-state index contributed by atoms with van der Waals surface area (Å²) < 4.78 is 30.4. The van der Waals surface area contributed by atoms with Crippen molar-refractivity contribution in [2.75, 3.05) is 26.8 Å². The van der Waals surface area contributed by atoms with E-state index < -0.39 is 5.92 Å². The third-order valence-electron chi connectivity index (χ3n) is 2.75. The maximum absolute atomic E-state index is 12.8. The average Bonchev–Trinajstić information content (AvgIpc) is 2.15. The van der Waals surface area contributed by atoms with Gasteiger partial charge in [-0.1, -0.05) is 0 Å². The zero-order valence-corrected chi connectivity index (χ0v) is 8.69. The van der Waals surface area contributed by atoms with E-state index in [1.54, 1.807) is 7.11 Å². The zero-order valence-electron chi connectivity index (χ0n) is 8.69. The summed E-state index contributed by atoms with van der Waals surface area (Å²) in [4.78, 5) is 0. The van der Waals surface area contributed by atoms with Crippen molar-refractivity contribution < 1.29 is 13.5 Å². The average molecular weight is 207 g/mol. The second-order valence-electron chi connectivity index (χ2n) is 4.00. The van der Waals surface area contributed by atoms with Crippen LogP contribution in [0.2, 0.25) is 0 Å². The Kier molecular flexibility index (Phi) is 4.75. The first kappa shape index (κ1) is 11.9. The van der Waals surface area contributed by atoms with Gasteiger partial charge in [-0.15, -0.1) is 0 Å². The van der Waals surface area contributed by atoms with E-state index in [2.05, 4.69) is 5.32 Å². The summed E-state index contributed by atoms with van der Waals surface area (Å²) in [5, 5.41) is 3.21. The van der Waals surface area contributed by atoms with Gasteiger partial charge in [-0.05, 0) is 25.3 Å². The lowest BCUT2D eigenvalue weighted by Crippen LogP contribution is -2.32. The molecule has 0 aromatic rings. The highest BCUT2D eigenvalue weighted by molar-refractivity contribution is 4.78. The lowest BCUT2D eigenvalue weighted by Gasteiger charge is -2.28. The van der Waals surface area contributed by atoms with Crippen molar-refractivity contribution in [1.82, 2.24) is 5.32 Å². The van der Waals surface area contributed by atoms with Crippen LogP contribution in [-0.4, -0.2) is 32.7 Å². The predicted octanol–water partition coefficient (Wildman–Crippen LogP) is 2.05. The standard InChI is InChI=1S/C10H19F2NO/c1-14-7-6-13-8-9-2-4-10(11,12)5-3-9/h9,13H,2-8H2,1H3. The van der Waals surface area contributed by atoms with Crippen LogP contribution in [0.5, 0.6) is 0 Å². The first-order chi connectivity index (χ1) is 6.64. The molecular weight excluding hydrogens is 188 g/mol. The number of ether oxygens (including phenoxy) is 1. The second kappa shape index (κ2) is 5.61. The van der Waals surface area contributed by atoms with Crippen molar-refractivity contribution in [3.05, 3.63) is 0 Å². The molecule has 0 radical (unpaired) electrons. The number of hydrogen-bond acceptors (Lipinski definition) is 2. The van der Waals surface area contributed by atoms with E-state index in [-0.39, 0.29) is 12.8 Å². The van der Waals surface area contributed by atoms with E-state index in [0.29, 0.717) is 25.4 Å². The maximum Gasteiger partial charge on any atom is 0.248 e. The Morgan fingerprint density at radius 1 is 1.36 bits per heavy atom. The maximum atomic E-state index is 12.8. The van der Waals surface area contributed by atoms with Crippen LogP contribution >= 0.6 is 0 Å². The van der Waals surface area contributed by atoms with Gasteiger partial charge in [0.2, 0.25) is 5.92 Å². The molecule has 1 rings (SSSR count). The fourth-order valence-electron chi connectivity index (χ4n) is 1.78. The van der Waals surface area contributed by atoms with Gasteiger partial charge < -0.3 is 10.1 Å². The van der Waals surface area contributed by atoms with E-state index in [4.69, 9.17) is 4.74 Å². The molecule has 2 nitrogen and oxygen atoms in total. The van der Waals surface area contributed by atoms with E-state index >= 15 is 0 Å². The molecule has 84 valence electrons. The Bertz CT molecular complexity index is 154. The molecule has 0 unspecified atom stereocenters. The molecule has 1 fully saturated rings. The van der Waals surface area contributed by atoms with Crippen LogP contribution in [0.25, 0.3) is 0 Å². The van der Waals surface area contributed by atoms with Gasteiger partial charge in [-0.3, -0.25) is 0 Å². The molecule has 1 aliphatic carbocycles. The Morgan fingerprint density at radius 2 is 2.00 bits per heavy atom. The SMILES string of the molecule is COCCNCC1CCC(F)(F)CC1. The van der Waals surface area contributed by atoms with Crippen LogP contribution in [0.4, 0.5) is 8.78 Å². The highest BCUT2D eigenvalue weighted by Gasteiger charge is 2.34. The minimum Gasteiger partial charge on any atom is -0.383 e. The Balaban J connectivity index is 2.04. The molecule has 14 heavy (non-hydrogen) atoms. The van der Waals surface area contributed by atoms with Gasteiger partial charge in [0.25, 0.3) is 0 Å². The predicted molar refractivity (Wildman–Crippen MR) is 51.7 cm³/mol. The van der Waals surface area contributed by atoms with E-state index in [1.165, 1.54) is 0 Å². The van der Waals surface area contributed by atoms with Crippen molar-refractivity contribution in [2.24, 2.45) is 5.92 Å². The molecule has 0 aromatic heterocycles. The van der Waals surface area contributed by atoms with Crippen molar-refractivity contribution in [1.29, 1.82) is 0 Å². The van der Waals surface area contributed by atoms with Crippen molar-refractivity contribution >= 4 is 0 Å². The molecule has 4 heteroatoms. The first-order valence-electron chi connectivity index (χ1n) is 5.21. The molecule has 0 saturated heterocycles. The van der Waals surface area contributed by atoms with Crippen LogP contribution in [0.3, 0.4) is 0 Å². The topological polar surface area (TPSA) is 21.3 Å². The molecule has 0 aromatic carbocycles. The molecule has 0 bridgehead atoms. The van der Waals surface area contributed by atoms with E-state index in [0.717, 1.165) is 13.1 Å². The fraction of sp³-hybridized carbons (Fsp3) is 1.00. The number of methoxy groups -OCH3 is 1. The molecule has 0 atom stereocenters. The van der Waals surface area contributed by atoms with E-state index in [9.17, 15) is 8.78 Å². The van der Waals surface area contributed by atoms with Gasteiger partial charge in [0, 0.05) is 26.5 Å². The molecular formula is C10H19F2NO. The van der Waals surface area contributed by atoms with Crippen LogP contribution < -0.4 is 5.32 Å². The van der Waals surface area contributed by atoms with Crippen LogP contribution in [0.15, 0.2) is 0 Å². The van der Waals surface area contributed by atoms with Gasteiger partial charge in [-0.25, -0.2) is 8.78 Å². The molecule has 1 saturated carbocycles. The summed E-state index contributed by atoms with van der Waals surface area (Å²) in [5.74, 6) is -1.98. The largest absolute Gasteiger partial charge is 0.383 e. The van der Waals surface area contributed by atoms with Gasteiger partial charge in [0.15, 0.2) is 0 Å². The highest BCUT2D eigenvalue weighted by atomic mass is 19.3. The number of nitrogens with one attached hydrogen (secondary N) is 1. The zero-order chi connectivity index (χ0) is 10.4. The number of hydrogen-bond donors (Lipinski definition) is 1. The summed E-state index contributed by atoms with van der Waals surface area (Å²) >= 11 is 0. The monoisotopic (exact) mass is 207 g/mol. The third-order valence-corrected chi connectivity index (χ3v) is 2.75. The summed E-state index contributed by atoms with van der Waals surface area (Å²) in [5.41, 5.74) is 0. The van der Waals surface area contributed by atoms with Crippen molar-refractivity contribution in [3.8, 4) is 0 Å². The number of rotatable bonds is 5. The highest BCUT2D eigenvalue weighted by Crippen LogP contribution is 2.35. The lowest BCUT2D eigenvalue weighted by molar-refractivity contribution is -0.0455. The molecule has 0 spiro atoms. The normalized spacial score (nSPS) is 22.5. The molecule has 0 amide bonds. The second-order valence-corrected chi connectivity index (χ2v) is 4.00. The van der Waals surface area contributed by atoms with Gasteiger partial charge in [0.05, 0.1) is 6.61 Å². The summed E-state index contributed by atoms with van der Waals surface area (Å²) in [6.45, 7) is 2.34. The Hall–Kier alpha value is -0.220. The van der Waals surface area contributed by atoms with Crippen LogP contribution in [0.1, 0.15) is 25.7 Å². The quantitative estimate of drug-likeness (QED) is 0.697. The van der Waals surface area contributed by atoms with Crippen LogP contribution in [-0.2, 0) is 4.74 Å². The number of alkyl halides is 2. The Morgan fingerprint density at radius 3 is 2.57 bits per heavy atom. The van der Waals surface area contributed by atoms with E-state index in [1.807, 2.05) is 0 Å². The number of halogens is 2. The summed E-state index contributed by atoms with van der Waals surface area (Å²) in [6.07, 6.45) is 1.41. The van der Waals surface area contributed by atoms with Gasteiger partial charge >= 0.3 is 0 Å². The van der Waals surface area contributed by atoms with Crippen molar-refractivity contribution in [2.45, 2.75) is 31.6 Å². The molecule has 1 N–H and O–H groups in total. The minimum atomic E-state index is -2.40. The molecule has 1 aliphatic rings. The minimum absolute atomic E-state index is 0.0592. The third kappa shape index (κ3) is 4.33.